The molecule has 0 saturated heterocycles. The van der Waals surface area contributed by atoms with Crippen LogP contribution in [0.15, 0.2) is 36.4 Å². The minimum atomic E-state index is -0.406. The zero-order valence-electron chi connectivity index (χ0n) is 15.2. The molecule has 5 nitrogen and oxygen atoms in total. The topological polar surface area (TPSA) is 75.0 Å². The van der Waals surface area contributed by atoms with Crippen molar-refractivity contribution in [2.24, 2.45) is 11.7 Å². The van der Waals surface area contributed by atoms with Crippen molar-refractivity contribution < 1.29 is 4.79 Å². The highest BCUT2D eigenvalue weighted by Gasteiger charge is 2.22. The molecule has 2 atom stereocenters. The average Bonchev–Trinajstić information content (AvgIpc) is 3.09. The van der Waals surface area contributed by atoms with Crippen LogP contribution in [0.2, 0.25) is 0 Å². The molecular weight excluding hydrogens is 336 g/mol. The molecule has 1 aromatic carbocycles. The first-order chi connectivity index (χ1) is 11.5. The van der Waals surface area contributed by atoms with E-state index in [4.69, 9.17) is 5.73 Å². The van der Waals surface area contributed by atoms with E-state index in [0.29, 0.717) is 6.54 Å². The Morgan fingerprint density at radius 2 is 2.00 bits per heavy atom. The first-order valence-corrected chi connectivity index (χ1v) is 8.63. The summed E-state index contributed by atoms with van der Waals surface area (Å²) >= 11 is 0. The summed E-state index contributed by atoms with van der Waals surface area (Å²) in [6.45, 7) is 4.77. The molecule has 2 unspecified atom stereocenters. The molecule has 0 radical (unpaired) electrons. The van der Waals surface area contributed by atoms with Gasteiger partial charge in [-0.05, 0) is 24.8 Å². The molecule has 0 fully saturated rings. The van der Waals surface area contributed by atoms with Crippen molar-refractivity contribution in [2.75, 3.05) is 13.6 Å². The monoisotopic (exact) mass is 364 g/mol. The lowest BCUT2D eigenvalue weighted by atomic mass is 9.99. The summed E-state index contributed by atoms with van der Waals surface area (Å²) in [5.74, 6) is 0.236. The predicted molar refractivity (Wildman–Crippen MR) is 105 cm³/mol. The molecule has 138 valence electrons. The lowest BCUT2D eigenvalue weighted by Crippen LogP contribution is -2.45. The number of H-pyrrole nitrogens is 1. The summed E-state index contributed by atoms with van der Waals surface area (Å²) in [6, 6.07) is 11.8. The minimum absolute atomic E-state index is 0. The van der Waals surface area contributed by atoms with E-state index < -0.39 is 6.04 Å². The fourth-order valence-electron chi connectivity index (χ4n) is 2.62. The molecule has 1 aromatic heterocycles. The third-order valence-corrected chi connectivity index (χ3v) is 4.56. The van der Waals surface area contributed by atoms with Gasteiger partial charge in [0, 0.05) is 24.8 Å². The number of nitrogens with two attached hydrogens (primary N) is 1. The van der Waals surface area contributed by atoms with Crippen molar-refractivity contribution in [3.63, 3.8) is 0 Å². The van der Waals surface area contributed by atoms with Crippen LogP contribution in [0.4, 0.5) is 0 Å². The molecule has 0 saturated carbocycles. The van der Waals surface area contributed by atoms with Gasteiger partial charge in [0.05, 0.1) is 11.7 Å². The Bertz CT molecular complexity index is 644. The number of carbonyl (C=O) groups is 1. The van der Waals surface area contributed by atoms with Gasteiger partial charge in [0.15, 0.2) is 0 Å². The Hall–Kier alpha value is -1.85. The van der Waals surface area contributed by atoms with Crippen LogP contribution in [-0.2, 0) is 11.2 Å². The first-order valence-electron chi connectivity index (χ1n) is 8.63. The summed E-state index contributed by atoms with van der Waals surface area (Å²) in [7, 11) is 1.83. The summed E-state index contributed by atoms with van der Waals surface area (Å²) in [4.78, 5) is 14.0. The van der Waals surface area contributed by atoms with E-state index in [1.165, 1.54) is 0 Å². The molecular formula is C19H29ClN4O. The molecule has 1 heterocycles. The van der Waals surface area contributed by atoms with Crippen LogP contribution in [-0.4, -0.2) is 40.6 Å². The number of hydrogen-bond donors (Lipinski definition) is 2. The highest BCUT2D eigenvalue weighted by atomic mass is 35.5. The number of amides is 1. The molecule has 0 aliphatic carbocycles. The number of nitrogens with zero attached hydrogens (tertiary/aromatic N) is 2. The number of aryl methyl sites for hydroxylation is 1. The zero-order valence-corrected chi connectivity index (χ0v) is 16.1. The number of likely N-dealkylation sites (N-methyl/N-ethyl adjacent to an activating group) is 1. The van der Waals surface area contributed by atoms with E-state index in [-0.39, 0.29) is 24.2 Å². The maximum absolute atomic E-state index is 12.3. The number of aromatic amines is 1. The summed E-state index contributed by atoms with van der Waals surface area (Å²) in [5, 5.41) is 7.44. The Kier molecular flexibility index (Phi) is 8.66. The number of halogens is 1. The number of benzene rings is 1. The lowest BCUT2D eigenvalue weighted by molar-refractivity contribution is -0.132. The van der Waals surface area contributed by atoms with Gasteiger partial charge in [-0.3, -0.25) is 9.89 Å². The van der Waals surface area contributed by atoms with Crippen molar-refractivity contribution in [2.45, 2.75) is 39.2 Å². The fourth-order valence-corrected chi connectivity index (χ4v) is 2.62. The van der Waals surface area contributed by atoms with E-state index in [0.717, 1.165) is 36.2 Å². The number of carbonyl (C=O) groups excluding carboxylic acids is 1. The van der Waals surface area contributed by atoms with Crippen LogP contribution in [0.25, 0.3) is 11.3 Å². The van der Waals surface area contributed by atoms with Crippen molar-refractivity contribution >= 4 is 18.3 Å². The van der Waals surface area contributed by atoms with Crippen LogP contribution in [0.3, 0.4) is 0 Å². The van der Waals surface area contributed by atoms with Gasteiger partial charge >= 0.3 is 0 Å². The van der Waals surface area contributed by atoms with E-state index in [2.05, 4.69) is 23.2 Å². The molecule has 3 N–H and O–H groups in total. The fraction of sp³-hybridized carbons (Fsp3) is 0.474. The number of rotatable bonds is 8. The Balaban J connectivity index is 0.00000312. The summed E-state index contributed by atoms with van der Waals surface area (Å²) in [5.41, 5.74) is 9.16. The molecule has 2 rings (SSSR count). The van der Waals surface area contributed by atoms with Crippen LogP contribution >= 0.6 is 12.4 Å². The first kappa shape index (κ1) is 21.2. The lowest BCUT2D eigenvalue weighted by Gasteiger charge is -2.24. The predicted octanol–water partition coefficient (Wildman–Crippen LogP) is 3.26. The Labute approximate surface area is 156 Å². The maximum Gasteiger partial charge on any atom is 0.239 e. The second-order valence-electron chi connectivity index (χ2n) is 6.42. The number of aromatic nitrogens is 2. The Morgan fingerprint density at radius 1 is 1.32 bits per heavy atom. The van der Waals surface area contributed by atoms with Crippen molar-refractivity contribution in [3.8, 4) is 11.3 Å². The third-order valence-electron chi connectivity index (χ3n) is 4.56. The van der Waals surface area contributed by atoms with Crippen molar-refractivity contribution in [1.29, 1.82) is 0 Å². The molecule has 0 aliphatic rings. The maximum atomic E-state index is 12.3. The van der Waals surface area contributed by atoms with Crippen LogP contribution < -0.4 is 5.73 Å². The minimum Gasteiger partial charge on any atom is -0.344 e. The highest BCUT2D eigenvalue weighted by molar-refractivity contribution is 5.85. The summed E-state index contributed by atoms with van der Waals surface area (Å²) in [6.07, 6.45) is 2.65. The van der Waals surface area contributed by atoms with Gasteiger partial charge in [0.2, 0.25) is 5.91 Å². The van der Waals surface area contributed by atoms with Crippen LogP contribution in [0.1, 0.15) is 32.4 Å². The second-order valence-corrected chi connectivity index (χ2v) is 6.42. The highest BCUT2D eigenvalue weighted by Crippen LogP contribution is 2.17. The standard InChI is InChI=1S/C19H28N4O.ClH/c1-4-14(2)18(20)19(24)23(3)12-8-11-16-13-17(22-21-16)15-9-6-5-7-10-15;/h5-7,9-10,13-14,18H,4,8,11-12,20H2,1-3H3,(H,21,22);1H. The molecule has 6 heteroatoms. The zero-order chi connectivity index (χ0) is 17.5. The van der Waals surface area contributed by atoms with E-state index in [1.807, 2.05) is 44.3 Å². The summed E-state index contributed by atoms with van der Waals surface area (Å²) < 4.78 is 0. The number of hydrogen-bond acceptors (Lipinski definition) is 3. The van der Waals surface area contributed by atoms with Gasteiger partial charge < -0.3 is 10.6 Å². The van der Waals surface area contributed by atoms with Crippen LogP contribution in [0, 0.1) is 5.92 Å². The Morgan fingerprint density at radius 3 is 2.64 bits per heavy atom. The van der Waals surface area contributed by atoms with Gasteiger partial charge in [0.1, 0.15) is 0 Å². The van der Waals surface area contributed by atoms with Gasteiger partial charge in [0.25, 0.3) is 0 Å². The largest absolute Gasteiger partial charge is 0.344 e. The molecule has 2 aromatic rings. The third kappa shape index (κ3) is 5.87. The molecule has 0 spiro atoms. The second kappa shape index (κ2) is 10.2. The van der Waals surface area contributed by atoms with Gasteiger partial charge in [-0.15, -0.1) is 12.4 Å². The SMILES string of the molecule is CCC(C)C(N)C(=O)N(C)CCCc1cc(-c2ccccc2)n[nH]1.Cl. The van der Waals surface area contributed by atoms with Gasteiger partial charge in [-0.1, -0.05) is 50.6 Å². The smallest absolute Gasteiger partial charge is 0.239 e. The van der Waals surface area contributed by atoms with Gasteiger partial charge in [-0.25, -0.2) is 0 Å². The quantitative estimate of drug-likeness (QED) is 0.754. The van der Waals surface area contributed by atoms with E-state index in [1.54, 1.807) is 4.90 Å². The normalized spacial score (nSPS) is 13.0. The van der Waals surface area contributed by atoms with E-state index >= 15 is 0 Å². The molecule has 25 heavy (non-hydrogen) atoms. The van der Waals surface area contributed by atoms with E-state index in [9.17, 15) is 4.79 Å². The van der Waals surface area contributed by atoms with Gasteiger partial charge in [-0.2, -0.15) is 5.10 Å². The van der Waals surface area contributed by atoms with Crippen LogP contribution in [0.5, 0.6) is 0 Å². The van der Waals surface area contributed by atoms with Crippen molar-refractivity contribution in [1.82, 2.24) is 15.1 Å². The molecule has 1 amide bonds. The molecule has 0 bridgehead atoms. The number of nitrogens with one attached hydrogen (secondary N) is 1. The van der Waals surface area contributed by atoms with Crippen molar-refractivity contribution in [3.05, 3.63) is 42.1 Å². The molecule has 0 aliphatic heterocycles. The average molecular weight is 365 g/mol.